The first-order chi connectivity index (χ1) is 22.9. The third-order valence-corrected chi connectivity index (χ3v) is 13.7. The summed E-state index contributed by atoms with van der Waals surface area (Å²) in [6.45, 7) is 27.7. The zero-order chi connectivity index (χ0) is 37.4. The number of hydrogen-bond donors (Lipinski definition) is 1. The number of carbonyl (C=O) groups is 2. The molecule has 0 aromatic carbocycles. The van der Waals surface area contributed by atoms with Crippen LogP contribution in [0.3, 0.4) is 0 Å². The summed E-state index contributed by atoms with van der Waals surface area (Å²) in [5, 5.41) is 3.46. The van der Waals surface area contributed by atoms with Crippen LogP contribution in [-0.2, 0) is 20.3 Å². The Hall–Kier alpha value is -3.64. The van der Waals surface area contributed by atoms with Crippen molar-refractivity contribution < 1.29 is 28.2 Å². The summed E-state index contributed by atoms with van der Waals surface area (Å²) in [5.74, 6) is 1.99. The van der Waals surface area contributed by atoms with Gasteiger partial charge in [-0.1, -0.05) is 26.8 Å². The predicted molar refractivity (Wildman–Crippen MR) is 202 cm³/mol. The third-order valence-electron chi connectivity index (χ3n) is 9.18. The highest BCUT2D eigenvalue weighted by Gasteiger charge is 2.41. The number of hydrogen-bond acceptors (Lipinski definition) is 9. The summed E-state index contributed by atoms with van der Waals surface area (Å²) in [5.41, 5.74) is 3.92. The Kier molecular flexibility index (Phi) is 11.4. The molecule has 276 valence electrons. The van der Waals surface area contributed by atoms with E-state index in [1.165, 1.54) is 4.90 Å². The van der Waals surface area contributed by atoms with E-state index in [4.69, 9.17) is 28.6 Å². The first kappa shape index (κ1) is 39.1. The minimum atomic E-state index is -2.21. The highest BCUT2D eigenvalue weighted by Crippen LogP contribution is 2.43. The minimum absolute atomic E-state index is 0.0108. The number of pyridine rings is 2. The lowest BCUT2D eigenvalue weighted by Crippen LogP contribution is -2.48. The van der Waals surface area contributed by atoms with Crippen molar-refractivity contribution in [2.24, 2.45) is 0 Å². The number of nitrogens with one attached hydrogen (secondary N) is 1. The van der Waals surface area contributed by atoms with Crippen LogP contribution >= 0.6 is 0 Å². The lowest BCUT2D eigenvalue weighted by Gasteiger charge is -2.40. The molecule has 1 atom stereocenters. The Balaban J connectivity index is 1.77. The molecule has 0 fully saturated rings. The summed E-state index contributed by atoms with van der Waals surface area (Å²) < 4.78 is 24.8. The molecule has 0 aliphatic carbocycles. The fourth-order valence-corrected chi connectivity index (χ4v) is 7.05. The number of amides is 2. The van der Waals surface area contributed by atoms with Crippen LogP contribution in [0.25, 0.3) is 5.57 Å². The molecule has 0 radical (unpaired) electrons. The minimum Gasteiger partial charge on any atom is -0.491 e. The number of aromatic nitrogens is 2. The second-order valence-corrected chi connectivity index (χ2v) is 21.8. The summed E-state index contributed by atoms with van der Waals surface area (Å²) in [4.78, 5) is 39.3. The van der Waals surface area contributed by atoms with Crippen LogP contribution in [0.4, 0.5) is 26.9 Å². The van der Waals surface area contributed by atoms with Crippen LogP contribution < -0.4 is 15.0 Å². The third kappa shape index (κ3) is 9.78. The zero-order valence-corrected chi connectivity index (χ0v) is 33.8. The van der Waals surface area contributed by atoms with Gasteiger partial charge in [-0.15, -0.1) is 0 Å². The van der Waals surface area contributed by atoms with Crippen molar-refractivity contribution in [2.75, 3.05) is 37.0 Å². The Bertz CT molecular complexity index is 1620. The van der Waals surface area contributed by atoms with Gasteiger partial charge in [0.05, 0.1) is 24.1 Å². The molecule has 0 saturated heterocycles. The zero-order valence-electron chi connectivity index (χ0n) is 32.8. The van der Waals surface area contributed by atoms with Crippen molar-refractivity contribution in [2.45, 2.75) is 131 Å². The van der Waals surface area contributed by atoms with Gasteiger partial charge in [-0.25, -0.2) is 19.6 Å². The molecule has 50 heavy (non-hydrogen) atoms. The molecule has 11 nitrogen and oxygen atoms in total. The van der Waals surface area contributed by atoms with Gasteiger partial charge < -0.3 is 28.9 Å². The van der Waals surface area contributed by atoms with Crippen molar-refractivity contribution in [3.63, 3.8) is 0 Å². The molecule has 2 aromatic heterocycles. The fraction of sp³-hybridized carbons (Fsp3) is 0.632. The van der Waals surface area contributed by atoms with E-state index < -0.39 is 25.6 Å². The van der Waals surface area contributed by atoms with Crippen molar-refractivity contribution in [1.29, 1.82) is 0 Å². The van der Waals surface area contributed by atoms with Crippen LogP contribution in [0.15, 0.2) is 18.2 Å². The lowest BCUT2D eigenvalue weighted by atomic mass is 9.93. The summed E-state index contributed by atoms with van der Waals surface area (Å²) in [6.07, 6.45) is 3.28. The number of nitrogens with zero attached hydrogens (tertiary/aromatic N) is 4. The number of carbonyl (C=O) groups excluding carboxylic acids is 2. The van der Waals surface area contributed by atoms with E-state index >= 15 is 0 Å². The molecule has 0 bridgehead atoms. The monoisotopic (exact) mass is 709 g/mol. The van der Waals surface area contributed by atoms with Gasteiger partial charge in [0.15, 0.2) is 8.32 Å². The van der Waals surface area contributed by atoms with Crippen molar-refractivity contribution in [1.82, 2.24) is 14.9 Å². The van der Waals surface area contributed by atoms with Crippen LogP contribution in [0.1, 0.15) is 97.7 Å². The molecule has 0 spiro atoms. The maximum atomic E-state index is 13.4. The van der Waals surface area contributed by atoms with E-state index in [0.717, 1.165) is 46.7 Å². The molecule has 2 aliphatic rings. The quantitative estimate of drug-likeness (QED) is 0.294. The molecule has 2 aliphatic heterocycles. The second-order valence-electron chi connectivity index (χ2n) is 17.0. The van der Waals surface area contributed by atoms with Crippen molar-refractivity contribution >= 4 is 43.4 Å². The van der Waals surface area contributed by atoms with E-state index in [2.05, 4.69) is 45.3 Å². The highest BCUT2D eigenvalue weighted by atomic mass is 28.4. The normalized spacial score (nSPS) is 17.2. The van der Waals surface area contributed by atoms with Gasteiger partial charge >= 0.3 is 12.2 Å². The van der Waals surface area contributed by atoms with Crippen LogP contribution in [0, 0.1) is 13.8 Å². The predicted octanol–water partition coefficient (Wildman–Crippen LogP) is 8.95. The number of anilines is 3. The van der Waals surface area contributed by atoms with Crippen LogP contribution in [0.2, 0.25) is 18.1 Å². The molecule has 4 rings (SSSR count). The fourth-order valence-electron chi connectivity index (χ4n) is 5.70. The van der Waals surface area contributed by atoms with E-state index in [0.29, 0.717) is 43.4 Å². The van der Waals surface area contributed by atoms with Crippen molar-refractivity contribution in [3.8, 4) is 5.75 Å². The molecule has 4 heterocycles. The molecule has 2 aromatic rings. The Morgan fingerprint density at radius 1 is 1.00 bits per heavy atom. The van der Waals surface area contributed by atoms with E-state index in [1.807, 2.05) is 67.5 Å². The van der Waals surface area contributed by atoms with E-state index in [9.17, 15) is 9.59 Å². The summed E-state index contributed by atoms with van der Waals surface area (Å²) >= 11 is 0. The first-order valence-corrected chi connectivity index (χ1v) is 20.6. The summed E-state index contributed by atoms with van der Waals surface area (Å²) in [6, 6.07) is 3.66. The number of ether oxygens (including phenoxy) is 3. The van der Waals surface area contributed by atoms with E-state index in [-0.39, 0.29) is 17.2 Å². The Labute approximate surface area is 300 Å². The number of aryl methyl sites for hydroxylation is 2. The smallest absolute Gasteiger partial charge is 0.414 e. The van der Waals surface area contributed by atoms with Gasteiger partial charge in [-0.3, -0.25) is 4.90 Å². The van der Waals surface area contributed by atoms with Crippen molar-refractivity contribution in [3.05, 3.63) is 40.7 Å². The molecular formula is C38H59N5O6Si. The van der Waals surface area contributed by atoms with Crippen LogP contribution in [-0.4, -0.2) is 79.4 Å². The second kappa shape index (κ2) is 14.5. The van der Waals surface area contributed by atoms with Crippen LogP contribution in [0.5, 0.6) is 5.75 Å². The van der Waals surface area contributed by atoms with Gasteiger partial charge in [0.1, 0.15) is 28.6 Å². The SMILES string of the molecule is Cc1cc(N(C)C(=O)OC(C)(C)C)cc(Nc2nc3c(c(C4=CCN(C(=O)OC(C)(C)C)CC(O[Si](C)(C)C(C)(C)C)C4)c2C)OCCC3)n1. The standard InChI is InChI=1S/C38H59N5O6Si/c1-24-20-27(42(12)34(44)47-36(3,4)5)22-30(39-24)41-33-25(2)31(32-29(40-33)16-15-19-46-32)26-17-18-43(35(45)48-37(6,7)8)23-28(21-26)49-50(13,14)38(9,10)11/h17,20,22,28H,15-16,18-19,21,23H2,1-14H3,(H,39,40,41). The first-order valence-electron chi connectivity index (χ1n) is 17.7. The van der Waals surface area contributed by atoms with E-state index in [1.54, 1.807) is 11.9 Å². The molecular weight excluding hydrogens is 651 g/mol. The molecule has 12 heteroatoms. The topological polar surface area (TPSA) is 115 Å². The highest BCUT2D eigenvalue weighted by molar-refractivity contribution is 6.74. The van der Waals surface area contributed by atoms with Gasteiger partial charge in [-0.2, -0.15) is 0 Å². The molecule has 0 saturated carbocycles. The molecule has 2 amide bonds. The van der Waals surface area contributed by atoms with Gasteiger partial charge in [0.2, 0.25) is 0 Å². The van der Waals surface area contributed by atoms with Gasteiger partial charge in [0.25, 0.3) is 0 Å². The largest absolute Gasteiger partial charge is 0.491 e. The maximum Gasteiger partial charge on any atom is 0.414 e. The molecule has 1 unspecified atom stereocenters. The lowest BCUT2D eigenvalue weighted by molar-refractivity contribution is 0.0195. The Morgan fingerprint density at radius 2 is 1.66 bits per heavy atom. The summed E-state index contributed by atoms with van der Waals surface area (Å²) in [7, 11) is -0.523. The van der Waals surface area contributed by atoms with Gasteiger partial charge in [0, 0.05) is 43.0 Å². The van der Waals surface area contributed by atoms with Gasteiger partial charge in [-0.05, 0) is 104 Å². The maximum absolute atomic E-state index is 13.4. The Morgan fingerprint density at radius 3 is 2.28 bits per heavy atom. The average molecular weight is 710 g/mol. The number of rotatable bonds is 6. The number of fused-ring (bicyclic) bond motifs is 1. The average Bonchev–Trinajstić information content (AvgIpc) is 3.16. The molecule has 1 N–H and O–H groups in total.